The molecule has 2 aromatic carbocycles. The van der Waals surface area contributed by atoms with Crippen molar-refractivity contribution >= 4 is 29.3 Å². The number of amides is 4. The number of piperazine rings is 1. The maximum absolute atomic E-state index is 14.0. The van der Waals surface area contributed by atoms with Gasteiger partial charge in [0.1, 0.15) is 17.8 Å². The van der Waals surface area contributed by atoms with Gasteiger partial charge in [-0.3, -0.25) is 28.8 Å². The molecule has 6 rings (SSSR count). The molecule has 3 atom stereocenters. The number of hydrogen-bond acceptors (Lipinski definition) is 6. The molecule has 48 heavy (non-hydrogen) atoms. The van der Waals surface area contributed by atoms with Gasteiger partial charge in [0.05, 0.1) is 6.04 Å². The van der Waals surface area contributed by atoms with Crippen LogP contribution in [0.5, 0.6) is 0 Å². The molecule has 254 valence electrons. The van der Waals surface area contributed by atoms with Gasteiger partial charge in [0.15, 0.2) is 0 Å². The fourth-order valence-electron chi connectivity index (χ4n) is 7.51. The van der Waals surface area contributed by atoms with Crippen LogP contribution in [0.1, 0.15) is 78.7 Å². The van der Waals surface area contributed by atoms with E-state index in [0.717, 1.165) is 57.2 Å². The van der Waals surface area contributed by atoms with Gasteiger partial charge in [0.2, 0.25) is 17.7 Å². The average Bonchev–Trinajstić information content (AvgIpc) is 3.56. The molecule has 0 spiro atoms. The third-order valence-electron chi connectivity index (χ3n) is 10.2. The minimum Gasteiger partial charge on any atom is -0.344 e. The fourth-order valence-corrected chi connectivity index (χ4v) is 7.51. The number of carbonyl (C=O) groups is 4. The number of hydrogen-bond donors (Lipinski definition) is 3. The molecule has 2 aliphatic heterocycles. The van der Waals surface area contributed by atoms with Gasteiger partial charge in [-0.25, -0.2) is 0 Å². The average molecular weight is 654 g/mol. The van der Waals surface area contributed by atoms with Gasteiger partial charge in [-0.2, -0.15) is 5.10 Å². The standard InChI is InChI=1S/C37H47N7O4/c1-3-33(45)40-30(37(48)44-22-21-43-20-18-26-9-7-8-12-29(26)32(43)24-44)23-25-13-15-28(16-14-25)39-36(47)34(27-10-5-4-6-11-27)41-35(46)31-17-19-38-42(31)2/h7-9,12-17,19,27,30,32,34H,3-6,10-11,18,20-24H2,1-2H3,(H,39,47)(H,40,45)(H,41,46)/t30-,32?,34+/m1/s1. The maximum atomic E-state index is 14.0. The summed E-state index contributed by atoms with van der Waals surface area (Å²) in [7, 11) is 1.70. The van der Waals surface area contributed by atoms with Gasteiger partial charge >= 0.3 is 0 Å². The van der Waals surface area contributed by atoms with Crippen LogP contribution in [0.2, 0.25) is 0 Å². The van der Waals surface area contributed by atoms with Crippen LogP contribution in [-0.2, 0) is 34.3 Å². The summed E-state index contributed by atoms with van der Waals surface area (Å²) in [6, 6.07) is 16.3. The lowest BCUT2D eigenvalue weighted by Crippen LogP contribution is -2.57. The maximum Gasteiger partial charge on any atom is 0.270 e. The quantitative estimate of drug-likeness (QED) is 0.307. The van der Waals surface area contributed by atoms with Gasteiger partial charge in [0.25, 0.3) is 5.91 Å². The van der Waals surface area contributed by atoms with Crippen LogP contribution in [0.3, 0.4) is 0 Å². The summed E-state index contributed by atoms with van der Waals surface area (Å²) in [5.41, 5.74) is 4.51. The van der Waals surface area contributed by atoms with Crippen LogP contribution in [0, 0.1) is 5.92 Å². The first-order valence-corrected chi connectivity index (χ1v) is 17.4. The summed E-state index contributed by atoms with van der Waals surface area (Å²) in [6.45, 7) is 4.80. The number of benzene rings is 2. The highest BCUT2D eigenvalue weighted by atomic mass is 16.2. The predicted molar refractivity (Wildman–Crippen MR) is 183 cm³/mol. The Labute approximate surface area is 282 Å². The summed E-state index contributed by atoms with van der Waals surface area (Å²) < 4.78 is 1.50. The van der Waals surface area contributed by atoms with E-state index in [2.05, 4.69) is 50.2 Å². The van der Waals surface area contributed by atoms with Gasteiger partial charge in [-0.1, -0.05) is 62.6 Å². The molecule has 1 saturated carbocycles. The van der Waals surface area contributed by atoms with Crippen LogP contribution in [-0.4, -0.2) is 81.5 Å². The minimum atomic E-state index is -0.693. The zero-order valence-corrected chi connectivity index (χ0v) is 28.0. The Morgan fingerprint density at radius 3 is 2.42 bits per heavy atom. The number of rotatable bonds is 10. The molecule has 1 aromatic heterocycles. The summed E-state index contributed by atoms with van der Waals surface area (Å²) in [5.74, 6) is -0.767. The largest absolute Gasteiger partial charge is 0.344 e. The van der Waals surface area contributed by atoms with Crippen molar-refractivity contribution in [3.63, 3.8) is 0 Å². The molecule has 3 heterocycles. The smallest absolute Gasteiger partial charge is 0.270 e. The van der Waals surface area contributed by atoms with Crippen molar-refractivity contribution in [2.75, 3.05) is 31.5 Å². The summed E-state index contributed by atoms with van der Waals surface area (Å²) >= 11 is 0. The van der Waals surface area contributed by atoms with Crippen molar-refractivity contribution in [3.8, 4) is 0 Å². The second-order valence-corrected chi connectivity index (χ2v) is 13.3. The van der Waals surface area contributed by atoms with Crippen LogP contribution in [0.15, 0.2) is 60.8 Å². The molecule has 3 aliphatic rings. The second kappa shape index (κ2) is 15.1. The van der Waals surface area contributed by atoms with E-state index >= 15 is 0 Å². The Balaban J connectivity index is 1.12. The third kappa shape index (κ3) is 7.62. The van der Waals surface area contributed by atoms with Crippen LogP contribution in [0.4, 0.5) is 5.69 Å². The van der Waals surface area contributed by atoms with E-state index in [4.69, 9.17) is 0 Å². The molecule has 0 radical (unpaired) electrons. The molecule has 3 N–H and O–H groups in total. The molecular weight excluding hydrogens is 606 g/mol. The minimum absolute atomic E-state index is 0.0492. The van der Waals surface area contributed by atoms with Gasteiger partial charge < -0.3 is 20.9 Å². The Hall–Kier alpha value is -4.51. The molecule has 1 unspecified atom stereocenters. The van der Waals surface area contributed by atoms with Crippen LogP contribution >= 0.6 is 0 Å². The zero-order chi connectivity index (χ0) is 33.6. The number of aromatic nitrogens is 2. The number of fused-ring (bicyclic) bond motifs is 3. The van der Waals surface area contributed by atoms with Crippen molar-refractivity contribution in [1.29, 1.82) is 0 Å². The first-order valence-electron chi connectivity index (χ1n) is 17.4. The van der Waals surface area contributed by atoms with Crippen molar-refractivity contribution in [3.05, 3.63) is 83.2 Å². The summed E-state index contributed by atoms with van der Waals surface area (Å²) in [4.78, 5) is 57.6. The molecule has 0 bridgehead atoms. The fraction of sp³-hybridized carbons (Fsp3) is 0.486. The summed E-state index contributed by atoms with van der Waals surface area (Å²) in [5, 5.41) is 13.1. The number of carbonyl (C=O) groups excluding carboxylic acids is 4. The van der Waals surface area contributed by atoms with Gasteiger partial charge in [-0.05, 0) is 60.1 Å². The van der Waals surface area contributed by atoms with E-state index in [1.54, 1.807) is 26.2 Å². The molecule has 1 aliphatic carbocycles. The van der Waals surface area contributed by atoms with E-state index in [1.807, 2.05) is 29.2 Å². The molecule has 3 aromatic rings. The van der Waals surface area contributed by atoms with Gasteiger partial charge in [0, 0.05) is 58.0 Å². The molecule has 1 saturated heterocycles. The second-order valence-electron chi connectivity index (χ2n) is 13.3. The van der Waals surface area contributed by atoms with E-state index in [0.29, 0.717) is 30.9 Å². The number of nitrogens with zero attached hydrogens (tertiary/aromatic N) is 4. The highest BCUT2D eigenvalue weighted by Gasteiger charge is 2.37. The normalized spacial score (nSPS) is 19.4. The monoisotopic (exact) mass is 653 g/mol. The highest BCUT2D eigenvalue weighted by molar-refractivity contribution is 6.00. The first-order chi connectivity index (χ1) is 23.3. The third-order valence-corrected chi connectivity index (χ3v) is 10.2. The molecule has 11 heteroatoms. The lowest BCUT2D eigenvalue weighted by Gasteiger charge is -2.45. The van der Waals surface area contributed by atoms with Crippen molar-refractivity contribution in [2.24, 2.45) is 13.0 Å². The van der Waals surface area contributed by atoms with Crippen molar-refractivity contribution < 1.29 is 19.2 Å². The van der Waals surface area contributed by atoms with Crippen LogP contribution in [0.25, 0.3) is 0 Å². The van der Waals surface area contributed by atoms with E-state index in [1.165, 1.54) is 15.8 Å². The van der Waals surface area contributed by atoms with Crippen molar-refractivity contribution in [1.82, 2.24) is 30.2 Å². The molecule has 11 nitrogen and oxygen atoms in total. The Morgan fingerprint density at radius 1 is 0.917 bits per heavy atom. The summed E-state index contributed by atoms with van der Waals surface area (Å²) in [6.07, 6.45) is 8.17. The predicted octanol–water partition coefficient (Wildman–Crippen LogP) is 3.62. The molecule has 4 amide bonds. The Bertz CT molecular complexity index is 1610. The lowest BCUT2D eigenvalue weighted by molar-refractivity contribution is -0.139. The van der Waals surface area contributed by atoms with Crippen molar-refractivity contribution in [2.45, 2.75) is 76.4 Å². The molecule has 2 fully saturated rings. The number of aryl methyl sites for hydroxylation is 1. The molecular formula is C37H47N7O4. The zero-order valence-electron chi connectivity index (χ0n) is 28.0. The first kappa shape index (κ1) is 33.4. The van der Waals surface area contributed by atoms with Crippen LogP contribution < -0.4 is 16.0 Å². The Kier molecular flexibility index (Phi) is 10.5. The highest BCUT2D eigenvalue weighted by Crippen LogP contribution is 2.33. The SMILES string of the molecule is CCC(=O)N[C@H](Cc1ccc(NC(=O)[C@@H](NC(=O)c2ccnn2C)C2CCCCC2)cc1)C(=O)N1CCN2CCc3ccccc3C2C1. The number of nitrogens with one attached hydrogen (secondary N) is 3. The van der Waals surface area contributed by atoms with E-state index < -0.39 is 12.1 Å². The lowest BCUT2D eigenvalue weighted by atomic mass is 9.83. The van der Waals surface area contributed by atoms with E-state index in [9.17, 15) is 19.2 Å². The van der Waals surface area contributed by atoms with E-state index in [-0.39, 0.29) is 42.0 Å². The topological polar surface area (TPSA) is 129 Å². The van der Waals surface area contributed by atoms with Gasteiger partial charge in [-0.15, -0.1) is 0 Å². The Morgan fingerprint density at radius 2 is 1.69 bits per heavy atom. The number of anilines is 1.